The number of hydrogen-bond acceptors (Lipinski definition) is 8. The average Bonchev–Trinajstić information content (AvgIpc) is 3.70. The number of aromatic nitrogens is 4. The minimum Gasteiger partial charge on any atom is -0.404 e. The van der Waals surface area contributed by atoms with E-state index in [-0.39, 0.29) is 42.4 Å². The molecule has 0 spiro atoms. The summed E-state index contributed by atoms with van der Waals surface area (Å²) < 4.78 is 75.9. The molecular weight excluding hydrogens is 525 g/mol. The van der Waals surface area contributed by atoms with Gasteiger partial charge in [0.2, 0.25) is 11.8 Å². The van der Waals surface area contributed by atoms with Gasteiger partial charge in [0.25, 0.3) is 5.56 Å². The van der Waals surface area contributed by atoms with Gasteiger partial charge in [-0.1, -0.05) is 0 Å². The molecule has 1 saturated heterocycles. The summed E-state index contributed by atoms with van der Waals surface area (Å²) in [5.74, 6) is -3.55. The lowest BCUT2D eigenvalue weighted by Gasteiger charge is -2.37. The Bertz CT molecular complexity index is 1550. The highest BCUT2D eigenvalue weighted by atomic mass is 19.4. The summed E-state index contributed by atoms with van der Waals surface area (Å²) in [6.07, 6.45) is -0.890. The molecular formula is C25H24F5N7O2. The lowest BCUT2D eigenvalue weighted by Crippen LogP contribution is -2.48. The van der Waals surface area contributed by atoms with Gasteiger partial charge >= 0.3 is 6.18 Å². The zero-order chi connectivity index (χ0) is 28.1. The second-order valence-corrected chi connectivity index (χ2v) is 9.51. The molecule has 1 aliphatic heterocycles. The van der Waals surface area contributed by atoms with Crippen molar-refractivity contribution in [3.8, 4) is 11.3 Å². The summed E-state index contributed by atoms with van der Waals surface area (Å²) in [6, 6.07) is 2.78. The first-order chi connectivity index (χ1) is 18.5. The van der Waals surface area contributed by atoms with Crippen molar-refractivity contribution in [1.29, 1.82) is 0 Å². The Morgan fingerprint density at radius 1 is 1.15 bits per heavy atom. The maximum atomic E-state index is 14.9. The summed E-state index contributed by atoms with van der Waals surface area (Å²) >= 11 is 0. The molecule has 0 radical (unpaired) electrons. The molecule has 3 aromatic rings. The van der Waals surface area contributed by atoms with Crippen LogP contribution >= 0.6 is 0 Å². The van der Waals surface area contributed by atoms with Crippen LogP contribution in [0.15, 0.2) is 39.8 Å². The summed E-state index contributed by atoms with van der Waals surface area (Å²) in [5, 5.41) is 0. The highest BCUT2D eigenvalue weighted by molar-refractivity contribution is 5.90. The molecule has 2 N–H and O–H groups in total. The van der Waals surface area contributed by atoms with E-state index < -0.39 is 46.3 Å². The van der Waals surface area contributed by atoms with Gasteiger partial charge in [-0.2, -0.15) is 13.2 Å². The summed E-state index contributed by atoms with van der Waals surface area (Å²) in [6.45, 7) is 2.21. The van der Waals surface area contributed by atoms with Crippen molar-refractivity contribution >= 4 is 23.2 Å². The predicted molar refractivity (Wildman–Crippen MR) is 133 cm³/mol. The number of anilines is 1. The van der Waals surface area contributed by atoms with Crippen LogP contribution in [-0.2, 0) is 18.0 Å². The summed E-state index contributed by atoms with van der Waals surface area (Å²) in [7, 11) is 0.919. The maximum absolute atomic E-state index is 14.9. The third-order valence-electron chi connectivity index (χ3n) is 6.44. The lowest BCUT2D eigenvalue weighted by atomic mass is 10.1. The summed E-state index contributed by atoms with van der Waals surface area (Å²) in [4.78, 5) is 31.4. The molecule has 3 heterocycles. The Morgan fingerprint density at radius 2 is 1.90 bits per heavy atom. The maximum Gasteiger partial charge on any atom is 0.449 e. The van der Waals surface area contributed by atoms with Crippen LogP contribution in [0.3, 0.4) is 0 Å². The zero-order valence-electron chi connectivity index (χ0n) is 20.9. The molecule has 5 rings (SSSR count). The highest BCUT2D eigenvalue weighted by Crippen LogP contribution is 2.33. The van der Waals surface area contributed by atoms with Crippen LogP contribution in [0.5, 0.6) is 0 Å². The Labute approximate surface area is 218 Å². The van der Waals surface area contributed by atoms with Gasteiger partial charge < -0.3 is 15.4 Å². The number of benzene rings is 1. The van der Waals surface area contributed by atoms with Crippen molar-refractivity contribution in [2.75, 3.05) is 18.0 Å². The molecule has 14 heteroatoms. The fourth-order valence-electron chi connectivity index (χ4n) is 4.35. The van der Waals surface area contributed by atoms with Crippen molar-refractivity contribution in [3.63, 3.8) is 0 Å². The number of alkyl halides is 3. The molecule has 39 heavy (non-hydrogen) atoms. The average molecular weight is 550 g/mol. The molecule has 2 atom stereocenters. The molecule has 1 aliphatic carbocycles. The van der Waals surface area contributed by atoms with Gasteiger partial charge in [0.1, 0.15) is 28.9 Å². The van der Waals surface area contributed by atoms with E-state index in [0.29, 0.717) is 16.2 Å². The van der Waals surface area contributed by atoms with Gasteiger partial charge in [-0.25, -0.2) is 23.7 Å². The van der Waals surface area contributed by atoms with Crippen LogP contribution in [0.25, 0.3) is 22.3 Å². The van der Waals surface area contributed by atoms with Crippen LogP contribution in [-0.4, -0.2) is 57.1 Å². The number of hydrogen-bond donors (Lipinski definition) is 1. The highest BCUT2D eigenvalue weighted by Gasteiger charge is 2.38. The lowest BCUT2D eigenvalue weighted by molar-refractivity contribution is -0.147. The molecule has 2 fully saturated rings. The Hall–Kier alpha value is -3.94. The Balaban J connectivity index is 1.67. The zero-order valence-corrected chi connectivity index (χ0v) is 20.9. The van der Waals surface area contributed by atoms with Crippen molar-refractivity contribution in [1.82, 2.24) is 19.5 Å². The first kappa shape index (κ1) is 26.7. The monoisotopic (exact) mass is 549 g/mol. The SMILES string of the molecule is C[C@@H]1CN(c2nc(-c3ccc(F)cc3F)c3nc(C(F)(F)F)n(C)c(=O)c3n2)C[C@H](/C(C=NC2CC2)=C/N)O1. The molecule has 2 aromatic heterocycles. The first-order valence-corrected chi connectivity index (χ1v) is 12.1. The van der Waals surface area contributed by atoms with E-state index in [4.69, 9.17) is 10.5 Å². The van der Waals surface area contributed by atoms with Crippen molar-refractivity contribution in [3.05, 3.63) is 57.8 Å². The topological polar surface area (TPSA) is 112 Å². The van der Waals surface area contributed by atoms with Crippen molar-refractivity contribution in [2.45, 2.75) is 44.2 Å². The molecule has 1 saturated carbocycles. The minimum atomic E-state index is -4.99. The van der Waals surface area contributed by atoms with E-state index in [1.165, 1.54) is 6.20 Å². The van der Waals surface area contributed by atoms with Gasteiger partial charge in [0.15, 0.2) is 5.52 Å². The number of nitrogens with two attached hydrogens (primary N) is 1. The fraction of sp³-hybridized carbons (Fsp3) is 0.400. The van der Waals surface area contributed by atoms with Gasteiger partial charge in [-0.05, 0) is 31.9 Å². The van der Waals surface area contributed by atoms with Crippen LogP contribution in [0.1, 0.15) is 25.6 Å². The van der Waals surface area contributed by atoms with E-state index in [1.807, 2.05) is 0 Å². The van der Waals surface area contributed by atoms with Crippen LogP contribution in [0.2, 0.25) is 0 Å². The van der Waals surface area contributed by atoms with E-state index in [9.17, 15) is 26.7 Å². The second-order valence-electron chi connectivity index (χ2n) is 9.51. The number of rotatable bonds is 5. The van der Waals surface area contributed by atoms with Gasteiger partial charge in [-0.3, -0.25) is 14.4 Å². The minimum absolute atomic E-state index is 0.0597. The normalized spacial score (nSPS) is 20.8. The van der Waals surface area contributed by atoms with Crippen LogP contribution in [0, 0.1) is 11.6 Å². The largest absolute Gasteiger partial charge is 0.449 e. The van der Waals surface area contributed by atoms with Crippen LogP contribution < -0.4 is 16.2 Å². The molecule has 206 valence electrons. The van der Waals surface area contributed by atoms with Gasteiger partial charge in [0.05, 0.1) is 18.7 Å². The van der Waals surface area contributed by atoms with Gasteiger partial charge in [-0.15, -0.1) is 0 Å². The van der Waals surface area contributed by atoms with E-state index in [1.54, 1.807) is 18.0 Å². The van der Waals surface area contributed by atoms with Crippen LogP contribution in [0.4, 0.5) is 27.9 Å². The fourth-order valence-corrected chi connectivity index (χ4v) is 4.35. The smallest absolute Gasteiger partial charge is 0.404 e. The number of ether oxygens (including phenoxy) is 1. The Kier molecular flexibility index (Phi) is 6.83. The number of nitrogens with zero attached hydrogens (tertiary/aromatic N) is 6. The number of morpholine rings is 1. The second kappa shape index (κ2) is 9.98. The van der Waals surface area contributed by atoms with Gasteiger partial charge in [0, 0.05) is 43.2 Å². The number of halogens is 5. The van der Waals surface area contributed by atoms with Crippen molar-refractivity contribution < 1.29 is 26.7 Å². The third-order valence-corrected chi connectivity index (χ3v) is 6.44. The molecule has 0 amide bonds. The quantitative estimate of drug-likeness (QED) is 0.384. The first-order valence-electron chi connectivity index (χ1n) is 12.1. The standard InChI is InChI=1S/C25H24F5N7O2/c1-12-10-37(11-18(39-12)13(8-31)9-32-15-4-5-15)24-34-19(16-6-3-14(26)7-17(16)27)20-21(35-24)22(38)36(2)23(33-20)25(28,29)30/h3,6-9,12,15,18H,4-5,10-11,31H2,1-2H3/b13-8+,32-9?/t12-,18-/m1/s1. The molecule has 1 aromatic carbocycles. The third kappa shape index (κ3) is 5.33. The number of fused-ring (bicyclic) bond motifs is 1. The molecule has 0 unspecified atom stereocenters. The van der Waals surface area contributed by atoms with E-state index >= 15 is 0 Å². The molecule has 0 bridgehead atoms. The predicted octanol–water partition coefficient (Wildman–Crippen LogP) is 3.36. The van der Waals surface area contributed by atoms with E-state index in [0.717, 1.165) is 32.0 Å². The molecule has 9 nitrogen and oxygen atoms in total. The molecule has 2 aliphatic rings. The number of aliphatic imine (C=N–C) groups is 1. The van der Waals surface area contributed by atoms with E-state index in [2.05, 4.69) is 19.9 Å². The van der Waals surface area contributed by atoms with Crippen molar-refractivity contribution in [2.24, 2.45) is 17.8 Å². The Morgan fingerprint density at radius 3 is 2.54 bits per heavy atom. The summed E-state index contributed by atoms with van der Waals surface area (Å²) in [5.41, 5.74) is 3.61.